The second-order valence-corrected chi connectivity index (χ2v) is 6.51. The number of halogens is 2. The molecule has 1 saturated heterocycles. The lowest BCUT2D eigenvalue weighted by atomic mass is 10.0. The maximum atomic E-state index is 13.6. The van der Waals surface area contributed by atoms with Gasteiger partial charge in [-0.3, -0.25) is 9.69 Å². The summed E-state index contributed by atoms with van der Waals surface area (Å²) in [4.78, 5) is 14.4. The van der Waals surface area contributed by atoms with Gasteiger partial charge < -0.3 is 5.32 Å². The number of carbonyl (C=O) groups is 1. The number of piperidine rings is 1. The minimum absolute atomic E-state index is 0.0719. The average molecular weight is 344 g/mol. The van der Waals surface area contributed by atoms with Crippen molar-refractivity contribution in [2.75, 3.05) is 13.1 Å². The first kappa shape index (κ1) is 17.5. The Morgan fingerprint density at radius 1 is 1.04 bits per heavy atom. The molecule has 0 radical (unpaired) electrons. The quantitative estimate of drug-likeness (QED) is 0.903. The van der Waals surface area contributed by atoms with Gasteiger partial charge in [0.25, 0.3) is 0 Å². The first-order chi connectivity index (χ1) is 12.1. The summed E-state index contributed by atoms with van der Waals surface area (Å²) in [6.45, 7) is 2.54. The van der Waals surface area contributed by atoms with E-state index in [0.29, 0.717) is 5.56 Å². The van der Waals surface area contributed by atoms with Gasteiger partial charge in [0, 0.05) is 25.7 Å². The Morgan fingerprint density at radius 2 is 1.72 bits per heavy atom. The van der Waals surface area contributed by atoms with E-state index < -0.39 is 0 Å². The average Bonchev–Trinajstić information content (AvgIpc) is 2.61. The highest BCUT2D eigenvalue weighted by Gasteiger charge is 2.21. The lowest BCUT2D eigenvalue weighted by Gasteiger charge is -2.32. The molecule has 3 nitrogen and oxygen atoms in total. The Morgan fingerprint density at radius 3 is 2.40 bits per heavy atom. The SMILES string of the molecule is O=C(Cc1ccccc1F)NC1CCN(Cc2ccc(F)cc2)CC1. The van der Waals surface area contributed by atoms with E-state index in [-0.39, 0.29) is 30.0 Å². The van der Waals surface area contributed by atoms with Gasteiger partial charge in [0.2, 0.25) is 5.91 Å². The number of amides is 1. The molecule has 1 N–H and O–H groups in total. The highest BCUT2D eigenvalue weighted by atomic mass is 19.1. The summed E-state index contributed by atoms with van der Waals surface area (Å²) in [5, 5.41) is 3.00. The number of benzene rings is 2. The third-order valence-electron chi connectivity index (χ3n) is 4.58. The van der Waals surface area contributed by atoms with E-state index in [9.17, 15) is 13.6 Å². The van der Waals surface area contributed by atoms with E-state index >= 15 is 0 Å². The number of rotatable bonds is 5. The third kappa shape index (κ3) is 5.10. The zero-order valence-corrected chi connectivity index (χ0v) is 14.1. The van der Waals surface area contributed by atoms with E-state index in [4.69, 9.17) is 0 Å². The van der Waals surface area contributed by atoms with Crippen molar-refractivity contribution in [2.24, 2.45) is 0 Å². The van der Waals surface area contributed by atoms with Crippen molar-refractivity contribution in [3.63, 3.8) is 0 Å². The summed E-state index contributed by atoms with van der Waals surface area (Å²) in [6.07, 6.45) is 1.80. The van der Waals surface area contributed by atoms with E-state index in [0.717, 1.165) is 38.0 Å². The zero-order chi connectivity index (χ0) is 17.6. The lowest BCUT2D eigenvalue weighted by molar-refractivity contribution is -0.121. The molecular weight excluding hydrogens is 322 g/mol. The Kier molecular flexibility index (Phi) is 5.76. The third-order valence-corrected chi connectivity index (χ3v) is 4.58. The second kappa shape index (κ2) is 8.21. The monoisotopic (exact) mass is 344 g/mol. The number of carbonyl (C=O) groups excluding carboxylic acids is 1. The fourth-order valence-corrected chi connectivity index (χ4v) is 3.18. The van der Waals surface area contributed by atoms with Gasteiger partial charge in [0.05, 0.1) is 6.42 Å². The molecule has 5 heteroatoms. The molecule has 3 rings (SSSR count). The van der Waals surface area contributed by atoms with E-state index in [1.807, 2.05) is 0 Å². The molecule has 0 atom stereocenters. The summed E-state index contributed by atoms with van der Waals surface area (Å²) in [5.41, 5.74) is 1.51. The van der Waals surface area contributed by atoms with Crippen LogP contribution in [0.4, 0.5) is 8.78 Å². The Balaban J connectivity index is 1.43. The van der Waals surface area contributed by atoms with Gasteiger partial charge in [-0.25, -0.2) is 8.78 Å². The van der Waals surface area contributed by atoms with Crippen LogP contribution < -0.4 is 5.32 Å². The number of hydrogen-bond donors (Lipinski definition) is 1. The number of nitrogens with one attached hydrogen (secondary N) is 1. The molecule has 0 bridgehead atoms. The number of likely N-dealkylation sites (tertiary alicyclic amines) is 1. The van der Waals surface area contributed by atoms with Crippen molar-refractivity contribution >= 4 is 5.91 Å². The van der Waals surface area contributed by atoms with Crippen LogP contribution in [0.5, 0.6) is 0 Å². The summed E-state index contributed by atoms with van der Waals surface area (Å²) >= 11 is 0. The van der Waals surface area contributed by atoms with Crippen LogP contribution in [0.15, 0.2) is 48.5 Å². The predicted octanol–water partition coefficient (Wildman–Crippen LogP) is 3.29. The van der Waals surface area contributed by atoms with Crippen LogP contribution in [0.2, 0.25) is 0 Å². The standard InChI is InChI=1S/C20H22F2N2O/c21-17-7-5-15(6-8-17)14-24-11-9-18(10-12-24)23-20(25)13-16-3-1-2-4-19(16)22/h1-8,18H,9-14H2,(H,23,25). The van der Waals surface area contributed by atoms with Crippen molar-refractivity contribution in [1.29, 1.82) is 0 Å². The molecule has 0 unspecified atom stereocenters. The molecule has 1 amide bonds. The highest BCUT2D eigenvalue weighted by molar-refractivity contribution is 5.78. The van der Waals surface area contributed by atoms with Gasteiger partial charge in [-0.15, -0.1) is 0 Å². The van der Waals surface area contributed by atoms with E-state index in [1.54, 1.807) is 30.3 Å². The van der Waals surface area contributed by atoms with Crippen LogP contribution in [0.3, 0.4) is 0 Å². The Labute approximate surface area is 146 Å². The topological polar surface area (TPSA) is 32.3 Å². The van der Waals surface area contributed by atoms with Gasteiger partial charge in [0.15, 0.2) is 0 Å². The first-order valence-electron chi connectivity index (χ1n) is 8.60. The summed E-state index contributed by atoms with van der Waals surface area (Å²) in [6, 6.07) is 13.1. The molecule has 0 saturated carbocycles. The predicted molar refractivity (Wildman–Crippen MR) is 92.9 cm³/mol. The molecule has 132 valence electrons. The first-order valence-corrected chi connectivity index (χ1v) is 8.60. The largest absolute Gasteiger partial charge is 0.353 e. The smallest absolute Gasteiger partial charge is 0.224 e. The van der Waals surface area contributed by atoms with Crippen LogP contribution in [0.1, 0.15) is 24.0 Å². The molecule has 1 aliphatic rings. The van der Waals surface area contributed by atoms with Gasteiger partial charge in [-0.2, -0.15) is 0 Å². The lowest BCUT2D eigenvalue weighted by Crippen LogP contribution is -2.44. The van der Waals surface area contributed by atoms with Crippen LogP contribution in [-0.2, 0) is 17.8 Å². The normalized spacial score (nSPS) is 15.9. The minimum atomic E-state index is -0.341. The van der Waals surface area contributed by atoms with Crippen LogP contribution in [0.25, 0.3) is 0 Å². The summed E-state index contributed by atoms with van der Waals surface area (Å²) in [5.74, 6) is -0.700. The zero-order valence-electron chi connectivity index (χ0n) is 14.1. The van der Waals surface area contributed by atoms with Gasteiger partial charge in [-0.05, 0) is 42.2 Å². The van der Waals surface area contributed by atoms with Gasteiger partial charge in [0.1, 0.15) is 11.6 Å². The Bertz CT molecular complexity index is 710. The Hall–Kier alpha value is -2.27. The molecule has 1 fully saturated rings. The molecule has 2 aromatic rings. The van der Waals surface area contributed by atoms with Crippen LogP contribution in [0, 0.1) is 11.6 Å². The molecule has 2 aromatic carbocycles. The fraction of sp³-hybridized carbons (Fsp3) is 0.350. The highest BCUT2D eigenvalue weighted by Crippen LogP contribution is 2.15. The maximum Gasteiger partial charge on any atom is 0.224 e. The second-order valence-electron chi connectivity index (χ2n) is 6.51. The molecule has 0 aliphatic carbocycles. The maximum absolute atomic E-state index is 13.6. The van der Waals surface area contributed by atoms with Gasteiger partial charge in [-0.1, -0.05) is 30.3 Å². The van der Waals surface area contributed by atoms with Crippen LogP contribution >= 0.6 is 0 Å². The summed E-state index contributed by atoms with van der Waals surface area (Å²) < 4.78 is 26.5. The molecule has 1 heterocycles. The van der Waals surface area contributed by atoms with Crippen molar-refractivity contribution in [3.8, 4) is 0 Å². The summed E-state index contributed by atoms with van der Waals surface area (Å²) in [7, 11) is 0. The molecule has 25 heavy (non-hydrogen) atoms. The van der Waals surface area contributed by atoms with E-state index in [1.165, 1.54) is 18.2 Å². The fourth-order valence-electron chi connectivity index (χ4n) is 3.18. The molecule has 0 aromatic heterocycles. The number of nitrogens with zero attached hydrogens (tertiary/aromatic N) is 1. The van der Waals surface area contributed by atoms with Gasteiger partial charge >= 0.3 is 0 Å². The molecule has 1 aliphatic heterocycles. The van der Waals surface area contributed by atoms with E-state index in [2.05, 4.69) is 10.2 Å². The minimum Gasteiger partial charge on any atom is -0.353 e. The van der Waals surface area contributed by atoms with Crippen LogP contribution in [-0.4, -0.2) is 29.9 Å². The van der Waals surface area contributed by atoms with Crippen molar-refractivity contribution in [2.45, 2.75) is 31.8 Å². The van der Waals surface area contributed by atoms with Crippen molar-refractivity contribution in [3.05, 3.63) is 71.3 Å². The number of hydrogen-bond acceptors (Lipinski definition) is 2. The molecule has 0 spiro atoms. The van der Waals surface area contributed by atoms with Crippen molar-refractivity contribution < 1.29 is 13.6 Å². The van der Waals surface area contributed by atoms with Crippen molar-refractivity contribution in [1.82, 2.24) is 10.2 Å². The molecular formula is C20H22F2N2O.